The van der Waals surface area contributed by atoms with Gasteiger partial charge < -0.3 is 14.5 Å². The molecule has 1 N–H and O–H groups in total. The maximum atomic E-state index is 11.9. The Bertz CT molecular complexity index is 584. The average molecular weight is 231 g/mol. The van der Waals surface area contributed by atoms with Crippen molar-refractivity contribution < 1.29 is 9.47 Å². The number of ether oxygens (including phenoxy) is 2. The Morgan fingerprint density at radius 1 is 1.24 bits per heavy atom. The Morgan fingerprint density at radius 3 is 2.94 bits per heavy atom. The lowest BCUT2D eigenvalue weighted by Gasteiger charge is -2.22. The number of rotatable bonds is 1. The summed E-state index contributed by atoms with van der Waals surface area (Å²) in [6.45, 7) is 1.58. The van der Waals surface area contributed by atoms with Gasteiger partial charge >= 0.3 is 0 Å². The molecule has 17 heavy (non-hydrogen) atoms. The van der Waals surface area contributed by atoms with E-state index in [-0.39, 0.29) is 11.7 Å². The van der Waals surface area contributed by atoms with Crippen LogP contribution in [0, 0.1) is 0 Å². The van der Waals surface area contributed by atoms with Gasteiger partial charge in [-0.3, -0.25) is 4.79 Å². The molecule has 0 saturated carbocycles. The van der Waals surface area contributed by atoms with Crippen molar-refractivity contribution in [2.45, 2.75) is 6.10 Å². The van der Waals surface area contributed by atoms with Crippen molar-refractivity contribution in [2.75, 3.05) is 19.8 Å². The van der Waals surface area contributed by atoms with E-state index in [1.54, 1.807) is 0 Å². The molecule has 0 bridgehead atoms. The summed E-state index contributed by atoms with van der Waals surface area (Å²) in [5.41, 5.74) is 1.39. The van der Waals surface area contributed by atoms with Gasteiger partial charge in [0.15, 0.2) is 0 Å². The van der Waals surface area contributed by atoms with Crippen LogP contribution in [-0.4, -0.2) is 24.8 Å². The molecule has 2 aromatic rings. The van der Waals surface area contributed by atoms with Crippen molar-refractivity contribution >= 4 is 10.9 Å². The molecule has 2 heterocycles. The van der Waals surface area contributed by atoms with Crippen LogP contribution in [0.4, 0.5) is 0 Å². The normalized spacial score (nSPS) is 20.6. The first-order valence-corrected chi connectivity index (χ1v) is 5.66. The number of hydrogen-bond acceptors (Lipinski definition) is 3. The van der Waals surface area contributed by atoms with Gasteiger partial charge in [-0.05, 0) is 17.5 Å². The van der Waals surface area contributed by atoms with Gasteiger partial charge in [0, 0.05) is 11.1 Å². The molecule has 0 amide bonds. The second-order valence-electron chi connectivity index (χ2n) is 4.08. The molecule has 0 spiro atoms. The lowest BCUT2D eigenvalue weighted by atomic mass is 10.1. The van der Waals surface area contributed by atoms with Crippen molar-refractivity contribution in [3.05, 3.63) is 46.2 Å². The van der Waals surface area contributed by atoms with Gasteiger partial charge in [0.1, 0.15) is 6.10 Å². The summed E-state index contributed by atoms with van der Waals surface area (Å²) in [5, 5.41) is 1.01. The fraction of sp³-hybridized carbons (Fsp3) is 0.308. The van der Waals surface area contributed by atoms with E-state index >= 15 is 0 Å². The van der Waals surface area contributed by atoms with Gasteiger partial charge in [-0.1, -0.05) is 18.2 Å². The van der Waals surface area contributed by atoms with E-state index in [0.29, 0.717) is 25.4 Å². The van der Waals surface area contributed by atoms with Crippen LogP contribution in [0.5, 0.6) is 0 Å². The van der Waals surface area contributed by atoms with E-state index in [1.807, 2.05) is 30.3 Å². The van der Waals surface area contributed by atoms with E-state index in [9.17, 15) is 4.79 Å². The van der Waals surface area contributed by atoms with E-state index in [4.69, 9.17) is 9.47 Å². The van der Waals surface area contributed by atoms with Crippen LogP contribution >= 0.6 is 0 Å². The third-order valence-corrected chi connectivity index (χ3v) is 2.94. The summed E-state index contributed by atoms with van der Waals surface area (Å²) in [4.78, 5) is 14.8. The fourth-order valence-corrected chi connectivity index (χ4v) is 2.07. The third-order valence-electron chi connectivity index (χ3n) is 2.94. The van der Waals surface area contributed by atoms with Crippen LogP contribution in [0.2, 0.25) is 0 Å². The molecule has 1 aliphatic rings. The number of hydrogen-bond donors (Lipinski definition) is 1. The minimum Gasteiger partial charge on any atom is -0.376 e. The molecule has 1 atom stereocenters. The number of H-pyrrole nitrogens is 1. The molecule has 1 saturated heterocycles. The Labute approximate surface area is 98.2 Å². The molecule has 4 heteroatoms. The number of para-hydroxylation sites is 1. The smallest absolute Gasteiger partial charge is 0.254 e. The molecule has 0 radical (unpaired) electrons. The first-order valence-electron chi connectivity index (χ1n) is 5.66. The van der Waals surface area contributed by atoms with E-state index in [0.717, 1.165) is 10.9 Å². The summed E-state index contributed by atoms with van der Waals surface area (Å²) in [6.07, 6.45) is -0.253. The Morgan fingerprint density at radius 2 is 2.12 bits per heavy atom. The fourth-order valence-electron chi connectivity index (χ4n) is 2.07. The Balaban J connectivity index is 2.09. The third kappa shape index (κ3) is 1.97. The topological polar surface area (TPSA) is 51.3 Å². The quantitative estimate of drug-likeness (QED) is 0.811. The summed E-state index contributed by atoms with van der Waals surface area (Å²) < 4.78 is 10.9. The SMILES string of the molecule is O=c1[nH]c2ccccc2cc1C1COCCO1. The molecule has 1 aromatic carbocycles. The molecule has 1 fully saturated rings. The highest BCUT2D eigenvalue weighted by molar-refractivity contribution is 5.78. The van der Waals surface area contributed by atoms with E-state index in [2.05, 4.69) is 4.98 Å². The monoisotopic (exact) mass is 231 g/mol. The zero-order valence-electron chi connectivity index (χ0n) is 9.31. The molecule has 3 rings (SSSR count). The summed E-state index contributed by atoms with van der Waals surface area (Å²) in [6, 6.07) is 9.59. The van der Waals surface area contributed by atoms with Crippen molar-refractivity contribution in [1.82, 2.24) is 4.98 Å². The van der Waals surface area contributed by atoms with Gasteiger partial charge in [0.2, 0.25) is 0 Å². The number of fused-ring (bicyclic) bond motifs is 1. The predicted molar refractivity (Wildman–Crippen MR) is 64.1 cm³/mol. The van der Waals surface area contributed by atoms with E-state index in [1.165, 1.54) is 0 Å². The highest BCUT2D eigenvalue weighted by Crippen LogP contribution is 2.20. The molecule has 1 unspecified atom stereocenters. The van der Waals surface area contributed by atoms with Gasteiger partial charge in [-0.25, -0.2) is 0 Å². The zero-order valence-corrected chi connectivity index (χ0v) is 9.31. The Kier molecular flexibility index (Phi) is 2.66. The zero-order chi connectivity index (χ0) is 11.7. The lowest BCUT2D eigenvalue weighted by molar-refractivity contribution is -0.0906. The van der Waals surface area contributed by atoms with Crippen LogP contribution in [0.3, 0.4) is 0 Å². The maximum Gasteiger partial charge on any atom is 0.254 e. The van der Waals surface area contributed by atoms with Crippen LogP contribution in [0.1, 0.15) is 11.7 Å². The minimum atomic E-state index is -0.253. The largest absolute Gasteiger partial charge is 0.376 e. The van der Waals surface area contributed by atoms with Crippen LogP contribution in [0.25, 0.3) is 10.9 Å². The van der Waals surface area contributed by atoms with Crippen LogP contribution in [0.15, 0.2) is 35.1 Å². The van der Waals surface area contributed by atoms with Crippen molar-refractivity contribution in [1.29, 1.82) is 0 Å². The number of aromatic nitrogens is 1. The highest BCUT2D eigenvalue weighted by Gasteiger charge is 2.19. The number of benzene rings is 1. The average Bonchev–Trinajstić information content (AvgIpc) is 2.39. The lowest BCUT2D eigenvalue weighted by Crippen LogP contribution is -2.27. The molecule has 1 aliphatic heterocycles. The Hall–Kier alpha value is -1.65. The van der Waals surface area contributed by atoms with Gasteiger partial charge in [-0.15, -0.1) is 0 Å². The predicted octanol–water partition coefficient (Wildman–Crippen LogP) is 1.62. The molecular formula is C13H13NO3. The first kappa shape index (κ1) is 10.5. The standard InChI is InChI=1S/C13H13NO3/c15-13-10(12-8-16-5-6-17-12)7-9-3-1-2-4-11(9)14-13/h1-4,7,12H,5-6,8H2,(H,14,15). The van der Waals surface area contributed by atoms with Crippen molar-refractivity contribution in [3.63, 3.8) is 0 Å². The minimum absolute atomic E-state index is 0.0980. The highest BCUT2D eigenvalue weighted by atomic mass is 16.6. The second kappa shape index (κ2) is 4.31. The van der Waals surface area contributed by atoms with Crippen LogP contribution in [-0.2, 0) is 9.47 Å². The first-order chi connectivity index (χ1) is 8.34. The van der Waals surface area contributed by atoms with Crippen molar-refractivity contribution in [3.8, 4) is 0 Å². The summed E-state index contributed by atoms with van der Waals surface area (Å²) >= 11 is 0. The summed E-state index contributed by atoms with van der Waals surface area (Å²) in [7, 11) is 0. The number of pyridine rings is 1. The number of aromatic amines is 1. The number of nitrogens with one attached hydrogen (secondary N) is 1. The van der Waals surface area contributed by atoms with E-state index < -0.39 is 0 Å². The molecule has 1 aromatic heterocycles. The molecule has 88 valence electrons. The van der Waals surface area contributed by atoms with Gasteiger partial charge in [0.05, 0.1) is 19.8 Å². The van der Waals surface area contributed by atoms with Crippen LogP contribution < -0.4 is 5.56 Å². The summed E-state index contributed by atoms with van der Waals surface area (Å²) in [5.74, 6) is 0. The van der Waals surface area contributed by atoms with Gasteiger partial charge in [0.25, 0.3) is 5.56 Å². The molecule has 4 nitrogen and oxygen atoms in total. The molecule has 0 aliphatic carbocycles. The maximum absolute atomic E-state index is 11.9. The molecular weight excluding hydrogens is 218 g/mol. The van der Waals surface area contributed by atoms with Gasteiger partial charge in [-0.2, -0.15) is 0 Å². The van der Waals surface area contributed by atoms with Crippen molar-refractivity contribution in [2.24, 2.45) is 0 Å². The second-order valence-corrected chi connectivity index (χ2v) is 4.08.